The van der Waals surface area contributed by atoms with Crippen LogP contribution in [0.1, 0.15) is 42.5 Å². The van der Waals surface area contributed by atoms with Crippen LogP contribution in [0.15, 0.2) is 18.7 Å². The second-order valence-electron chi connectivity index (χ2n) is 5.94. The summed E-state index contributed by atoms with van der Waals surface area (Å²) in [5, 5.41) is 13.5. The van der Waals surface area contributed by atoms with Gasteiger partial charge in [-0.3, -0.25) is 9.69 Å². The quantitative estimate of drug-likeness (QED) is 0.851. The van der Waals surface area contributed by atoms with Gasteiger partial charge in [0.1, 0.15) is 6.33 Å². The van der Waals surface area contributed by atoms with E-state index in [1.54, 1.807) is 0 Å². The first-order chi connectivity index (χ1) is 10.3. The second-order valence-corrected chi connectivity index (χ2v) is 5.94. The number of aliphatic hydroxyl groups excluding tert-OH is 1. The molecule has 1 aromatic rings. The summed E-state index contributed by atoms with van der Waals surface area (Å²) < 4.78 is 0. The summed E-state index contributed by atoms with van der Waals surface area (Å²) in [6.07, 6.45) is 9.19. The molecule has 0 unspecified atom stereocenters. The molecule has 2 fully saturated rings. The Kier molecular flexibility index (Phi) is 4.45. The predicted octanol–water partition coefficient (Wildman–Crippen LogP) is 0.584. The molecule has 6 heteroatoms. The molecule has 0 radical (unpaired) electrons. The summed E-state index contributed by atoms with van der Waals surface area (Å²) in [6, 6.07) is -0.00405. The molecule has 1 aliphatic carbocycles. The minimum absolute atomic E-state index is 0.179. The summed E-state index contributed by atoms with van der Waals surface area (Å²) in [4.78, 5) is 22.2. The fraction of sp³-hybridized carbons (Fsp3) is 0.667. The van der Waals surface area contributed by atoms with Gasteiger partial charge in [-0.25, -0.2) is 9.97 Å². The van der Waals surface area contributed by atoms with Crippen molar-refractivity contribution in [2.24, 2.45) is 0 Å². The summed E-state index contributed by atoms with van der Waals surface area (Å²) in [7, 11) is 0. The first kappa shape index (κ1) is 14.4. The van der Waals surface area contributed by atoms with E-state index in [9.17, 15) is 9.90 Å². The molecule has 1 amide bonds. The Balaban J connectivity index is 1.63. The molecule has 0 spiro atoms. The minimum atomic E-state index is -0.495. The van der Waals surface area contributed by atoms with Crippen LogP contribution in [0.4, 0.5) is 0 Å². The Labute approximate surface area is 124 Å². The average molecular weight is 290 g/mol. The maximum absolute atomic E-state index is 12.2. The van der Waals surface area contributed by atoms with Gasteiger partial charge in [0.05, 0.1) is 17.7 Å². The highest BCUT2D eigenvalue weighted by Crippen LogP contribution is 2.26. The molecule has 1 aliphatic heterocycles. The lowest BCUT2D eigenvalue weighted by molar-refractivity contribution is 0.00703. The minimum Gasteiger partial charge on any atom is -0.389 e. The number of likely N-dealkylation sites (tertiary alicyclic amines) is 1. The van der Waals surface area contributed by atoms with Crippen LogP contribution in [-0.4, -0.2) is 57.2 Å². The molecule has 114 valence electrons. The number of amides is 1. The van der Waals surface area contributed by atoms with Gasteiger partial charge in [0.15, 0.2) is 0 Å². The van der Waals surface area contributed by atoms with Crippen LogP contribution < -0.4 is 5.32 Å². The van der Waals surface area contributed by atoms with Crippen molar-refractivity contribution in [3.63, 3.8) is 0 Å². The Bertz CT molecular complexity index is 476. The lowest BCUT2D eigenvalue weighted by Gasteiger charge is -2.40. The van der Waals surface area contributed by atoms with Crippen LogP contribution in [-0.2, 0) is 0 Å². The molecule has 2 aliphatic rings. The molecule has 1 saturated heterocycles. The third-order valence-electron chi connectivity index (χ3n) is 4.57. The zero-order valence-corrected chi connectivity index (χ0v) is 12.1. The number of nitrogens with zero attached hydrogens (tertiary/aromatic N) is 3. The molecule has 0 aromatic carbocycles. The molecule has 6 nitrogen and oxygen atoms in total. The molecule has 3 rings (SSSR count). The standard InChI is InChI=1S/C15H22N4O2/c20-14-12(18-15(21)11-8-16-10-17-9-11)4-3-5-13(14)19-6-1-2-7-19/h8-10,12-14,20H,1-7H2,(H,18,21)/t12-,13-,14-/m1/s1. The van der Waals surface area contributed by atoms with E-state index in [0.29, 0.717) is 5.56 Å². The van der Waals surface area contributed by atoms with Crippen molar-refractivity contribution in [2.45, 2.75) is 50.3 Å². The SMILES string of the molecule is O=C(N[C@@H]1CCC[C@@H](N2CCCC2)[C@@H]1O)c1cncnc1. The predicted molar refractivity (Wildman–Crippen MR) is 77.7 cm³/mol. The number of carbonyl (C=O) groups excluding carboxylic acids is 1. The molecule has 2 heterocycles. The lowest BCUT2D eigenvalue weighted by atomic mass is 9.87. The van der Waals surface area contributed by atoms with E-state index >= 15 is 0 Å². The zero-order valence-electron chi connectivity index (χ0n) is 12.1. The topological polar surface area (TPSA) is 78.4 Å². The van der Waals surface area contributed by atoms with Gasteiger partial charge < -0.3 is 10.4 Å². The van der Waals surface area contributed by atoms with E-state index in [1.165, 1.54) is 31.6 Å². The smallest absolute Gasteiger partial charge is 0.254 e. The molecule has 1 aromatic heterocycles. The van der Waals surface area contributed by atoms with Crippen molar-refractivity contribution in [1.29, 1.82) is 0 Å². The fourth-order valence-corrected chi connectivity index (χ4v) is 3.45. The van der Waals surface area contributed by atoms with Gasteiger partial charge in [-0.2, -0.15) is 0 Å². The first-order valence-corrected chi connectivity index (χ1v) is 7.73. The molecular formula is C15H22N4O2. The first-order valence-electron chi connectivity index (χ1n) is 7.73. The van der Waals surface area contributed by atoms with Crippen molar-refractivity contribution in [1.82, 2.24) is 20.2 Å². The van der Waals surface area contributed by atoms with Crippen LogP contribution in [0.25, 0.3) is 0 Å². The molecule has 1 saturated carbocycles. The van der Waals surface area contributed by atoms with Crippen molar-refractivity contribution < 1.29 is 9.90 Å². The summed E-state index contributed by atoms with van der Waals surface area (Å²) in [6.45, 7) is 2.13. The van der Waals surface area contributed by atoms with E-state index in [2.05, 4.69) is 20.2 Å². The van der Waals surface area contributed by atoms with Gasteiger partial charge in [0.2, 0.25) is 0 Å². The number of aliphatic hydroxyl groups is 1. The normalized spacial score (nSPS) is 30.2. The molecule has 2 N–H and O–H groups in total. The highest BCUT2D eigenvalue weighted by atomic mass is 16.3. The number of hydrogen-bond donors (Lipinski definition) is 2. The van der Waals surface area contributed by atoms with Crippen molar-refractivity contribution >= 4 is 5.91 Å². The van der Waals surface area contributed by atoms with E-state index in [1.807, 2.05) is 0 Å². The van der Waals surface area contributed by atoms with Crippen LogP contribution >= 0.6 is 0 Å². The Morgan fingerprint density at radius 3 is 2.62 bits per heavy atom. The lowest BCUT2D eigenvalue weighted by Crippen LogP contribution is -2.56. The van der Waals surface area contributed by atoms with Gasteiger partial charge in [-0.05, 0) is 45.2 Å². The maximum atomic E-state index is 12.2. The number of nitrogens with one attached hydrogen (secondary N) is 1. The molecule has 0 bridgehead atoms. The highest BCUT2D eigenvalue weighted by Gasteiger charge is 2.37. The van der Waals surface area contributed by atoms with E-state index in [0.717, 1.165) is 32.4 Å². The summed E-state index contributed by atoms with van der Waals surface area (Å²) >= 11 is 0. The Hall–Kier alpha value is -1.53. The molecule has 3 atom stereocenters. The highest BCUT2D eigenvalue weighted by molar-refractivity contribution is 5.93. The van der Waals surface area contributed by atoms with Crippen LogP contribution in [0.2, 0.25) is 0 Å². The van der Waals surface area contributed by atoms with Gasteiger partial charge >= 0.3 is 0 Å². The number of rotatable bonds is 3. The van der Waals surface area contributed by atoms with Gasteiger partial charge in [-0.1, -0.05) is 0 Å². The number of carbonyl (C=O) groups is 1. The Morgan fingerprint density at radius 2 is 1.90 bits per heavy atom. The average Bonchev–Trinajstić information content (AvgIpc) is 3.04. The van der Waals surface area contributed by atoms with Gasteiger partial charge in [0.25, 0.3) is 5.91 Å². The maximum Gasteiger partial charge on any atom is 0.254 e. The molecular weight excluding hydrogens is 268 g/mol. The summed E-state index contributed by atoms with van der Waals surface area (Å²) in [5.41, 5.74) is 0.438. The zero-order chi connectivity index (χ0) is 14.7. The third-order valence-corrected chi connectivity index (χ3v) is 4.57. The van der Waals surface area contributed by atoms with Crippen LogP contribution in [0, 0.1) is 0 Å². The number of aromatic nitrogens is 2. The van der Waals surface area contributed by atoms with E-state index in [4.69, 9.17) is 0 Å². The fourth-order valence-electron chi connectivity index (χ4n) is 3.45. The monoisotopic (exact) mass is 290 g/mol. The third kappa shape index (κ3) is 3.22. The molecule has 21 heavy (non-hydrogen) atoms. The van der Waals surface area contributed by atoms with Crippen molar-refractivity contribution in [3.8, 4) is 0 Å². The van der Waals surface area contributed by atoms with Gasteiger partial charge in [0, 0.05) is 18.4 Å². The van der Waals surface area contributed by atoms with Gasteiger partial charge in [-0.15, -0.1) is 0 Å². The van der Waals surface area contributed by atoms with E-state index in [-0.39, 0.29) is 18.0 Å². The van der Waals surface area contributed by atoms with E-state index < -0.39 is 6.10 Å². The van der Waals surface area contributed by atoms with Crippen LogP contribution in [0.3, 0.4) is 0 Å². The largest absolute Gasteiger partial charge is 0.389 e. The van der Waals surface area contributed by atoms with Crippen molar-refractivity contribution in [3.05, 3.63) is 24.3 Å². The second kappa shape index (κ2) is 6.49. The Morgan fingerprint density at radius 1 is 1.19 bits per heavy atom. The summed E-state index contributed by atoms with van der Waals surface area (Å²) in [5.74, 6) is -0.207. The van der Waals surface area contributed by atoms with Crippen LogP contribution in [0.5, 0.6) is 0 Å². The number of hydrogen-bond acceptors (Lipinski definition) is 5. The van der Waals surface area contributed by atoms with Crippen molar-refractivity contribution in [2.75, 3.05) is 13.1 Å².